The van der Waals surface area contributed by atoms with E-state index in [2.05, 4.69) is 15.6 Å². The highest BCUT2D eigenvalue weighted by atomic mass is 19.1. The van der Waals surface area contributed by atoms with Crippen molar-refractivity contribution in [1.82, 2.24) is 10.3 Å². The maximum Gasteiger partial charge on any atom is 0.270 e. The average molecular weight is 349 g/mol. The number of hydrogen-bond donors (Lipinski definition) is 2. The fraction of sp³-hybridized carbons (Fsp3) is 0.143. The highest BCUT2D eigenvalue weighted by Crippen LogP contribution is 2.13. The first-order valence-corrected chi connectivity index (χ1v) is 8.42. The molecule has 3 aromatic rings. The SMILES string of the molecule is CC(NC(=O)c1ccc(NCc2ccc(F)cc2)cn1)c1ccccc1. The van der Waals surface area contributed by atoms with E-state index >= 15 is 0 Å². The van der Waals surface area contributed by atoms with Crippen LogP contribution in [-0.2, 0) is 6.54 Å². The first-order valence-electron chi connectivity index (χ1n) is 8.42. The van der Waals surface area contributed by atoms with Crippen LogP contribution in [0.5, 0.6) is 0 Å². The molecule has 0 saturated carbocycles. The number of nitrogens with one attached hydrogen (secondary N) is 2. The van der Waals surface area contributed by atoms with Crippen molar-refractivity contribution >= 4 is 11.6 Å². The number of hydrogen-bond acceptors (Lipinski definition) is 3. The van der Waals surface area contributed by atoms with Gasteiger partial charge in [-0.15, -0.1) is 0 Å². The lowest BCUT2D eigenvalue weighted by molar-refractivity contribution is 0.0935. The molecule has 4 nitrogen and oxygen atoms in total. The molecule has 132 valence electrons. The van der Waals surface area contributed by atoms with Crippen LogP contribution in [0.2, 0.25) is 0 Å². The van der Waals surface area contributed by atoms with Crippen LogP contribution in [0.15, 0.2) is 72.9 Å². The zero-order valence-electron chi connectivity index (χ0n) is 14.4. The summed E-state index contributed by atoms with van der Waals surface area (Å²) in [6.45, 7) is 2.49. The molecule has 0 fully saturated rings. The molecule has 0 spiro atoms. The zero-order valence-corrected chi connectivity index (χ0v) is 14.4. The molecule has 1 unspecified atom stereocenters. The van der Waals surface area contributed by atoms with Crippen molar-refractivity contribution < 1.29 is 9.18 Å². The van der Waals surface area contributed by atoms with Gasteiger partial charge in [-0.3, -0.25) is 4.79 Å². The molecule has 0 aliphatic rings. The number of halogens is 1. The van der Waals surface area contributed by atoms with Crippen molar-refractivity contribution in [3.63, 3.8) is 0 Å². The summed E-state index contributed by atoms with van der Waals surface area (Å²) in [6, 6.07) is 19.5. The van der Waals surface area contributed by atoms with E-state index in [0.717, 1.165) is 16.8 Å². The van der Waals surface area contributed by atoms with Crippen LogP contribution >= 0.6 is 0 Å². The van der Waals surface area contributed by atoms with E-state index in [1.165, 1.54) is 12.1 Å². The molecule has 1 aromatic heterocycles. The maximum atomic E-state index is 12.9. The smallest absolute Gasteiger partial charge is 0.270 e. The van der Waals surface area contributed by atoms with E-state index in [9.17, 15) is 9.18 Å². The van der Waals surface area contributed by atoms with Crippen molar-refractivity contribution in [2.45, 2.75) is 19.5 Å². The monoisotopic (exact) mass is 349 g/mol. The van der Waals surface area contributed by atoms with Gasteiger partial charge in [0.15, 0.2) is 0 Å². The second-order valence-corrected chi connectivity index (χ2v) is 6.02. The van der Waals surface area contributed by atoms with Crippen LogP contribution in [0.1, 0.15) is 34.6 Å². The Morgan fingerprint density at radius 3 is 2.42 bits per heavy atom. The second-order valence-electron chi connectivity index (χ2n) is 6.02. The second kappa shape index (κ2) is 8.25. The third-order valence-corrected chi connectivity index (χ3v) is 4.05. The van der Waals surface area contributed by atoms with Crippen LogP contribution < -0.4 is 10.6 Å². The van der Waals surface area contributed by atoms with E-state index in [1.54, 1.807) is 30.5 Å². The van der Waals surface area contributed by atoms with Gasteiger partial charge in [0.05, 0.1) is 17.9 Å². The number of amides is 1. The summed E-state index contributed by atoms with van der Waals surface area (Å²) < 4.78 is 12.9. The van der Waals surface area contributed by atoms with E-state index < -0.39 is 0 Å². The molecule has 0 radical (unpaired) electrons. The third kappa shape index (κ3) is 4.66. The van der Waals surface area contributed by atoms with Gasteiger partial charge in [-0.25, -0.2) is 9.37 Å². The van der Waals surface area contributed by atoms with Crippen LogP contribution in [0.4, 0.5) is 10.1 Å². The lowest BCUT2D eigenvalue weighted by atomic mass is 10.1. The largest absolute Gasteiger partial charge is 0.380 e. The van der Waals surface area contributed by atoms with Gasteiger partial charge >= 0.3 is 0 Å². The van der Waals surface area contributed by atoms with Gasteiger partial charge < -0.3 is 10.6 Å². The van der Waals surface area contributed by atoms with Gasteiger partial charge in [0.2, 0.25) is 0 Å². The van der Waals surface area contributed by atoms with Crippen LogP contribution in [0, 0.1) is 5.82 Å². The summed E-state index contributed by atoms with van der Waals surface area (Å²) in [4.78, 5) is 16.5. The molecular weight excluding hydrogens is 329 g/mol. The van der Waals surface area contributed by atoms with E-state index in [4.69, 9.17) is 0 Å². The van der Waals surface area contributed by atoms with Crippen molar-refractivity contribution in [2.75, 3.05) is 5.32 Å². The Hall–Kier alpha value is -3.21. The number of pyridine rings is 1. The molecule has 0 saturated heterocycles. The van der Waals surface area contributed by atoms with Crippen LogP contribution in [0.3, 0.4) is 0 Å². The summed E-state index contributed by atoms with van der Waals surface area (Å²) in [7, 11) is 0. The van der Waals surface area contributed by atoms with E-state index in [0.29, 0.717) is 12.2 Å². The Balaban J connectivity index is 1.56. The maximum absolute atomic E-state index is 12.9. The minimum Gasteiger partial charge on any atom is -0.380 e. The summed E-state index contributed by atoms with van der Waals surface area (Å²) in [5.41, 5.74) is 3.16. The summed E-state index contributed by atoms with van der Waals surface area (Å²) >= 11 is 0. The number of anilines is 1. The first-order chi connectivity index (χ1) is 12.6. The normalized spacial score (nSPS) is 11.6. The first kappa shape index (κ1) is 17.6. The van der Waals surface area contributed by atoms with Gasteiger partial charge in [0.1, 0.15) is 11.5 Å². The van der Waals surface area contributed by atoms with Crippen molar-refractivity contribution in [3.05, 3.63) is 95.6 Å². The Bertz CT molecular complexity index is 849. The van der Waals surface area contributed by atoms with Gasteiger partial charge in [-0.05, 0) is 42.3 Å². The quantitative estimate of drug-likeness (QED) is 0.697. The molecule has 0 aliphatic heterocycles. The minimum absolute atomic E-state index is 0.0956. The van der Waals surface area contributed by atoms with Crippen molar-refractivity contribution in [1.29, 1.82) is 0 Å². The topological polar surface area (TPSA) is 54.0 Å². The molecule has 2 N–H and O–H groups in total. The van der Waals surface area contributed by atoms with Gasteiger partial charge in [-0.2, -0.15) is 0 Å². The number of aromatic nitrogens is 1. The number of rotatable bonds is 6. The van der Waals surface area contributed by atoms with Gasteiger partial charge in [-0.1, -0.05) is 42.5 Å². The van der Waals surface area contributed by atoms with Crippen molar-refractivity contribution in [2.24, 2.45) is 0 Å². The molecule has 0 aliphatic carbocycles. The zero-order chi connectivity index (χ0) is 18.4. The molecule has 2 aromatic carbocycles. The molecular formula is C21H20FN3O. The molecule has 1 amide bonds. The van der Waals surface area contributed by atoms with E-state index in [-0.39, 0.29) is 17.8 Å². The third-order valence-electron chi connectivity index (χ3n) is 4.05. The number of nitrogens with zero attached hydrogens (tertiary/aromatic N) is 1. The highest BCUT2D eigenvalue weighted by molar-refractivity contribution is 5.92. The van der Waals surface area contributed by atoms with Crippen LogP contribution in [0.25, 0.3) is 0 Å². The van der Waals surface area contributed by atoms with Crippen LogP contribution in [-0.4, -0.2) is 10.9 Å². The Labute approximate surface area is 152 Å². The predicted molar refractivity (Wildman–Crippen MR) is 100 cm³/mol. The fourth-order valence-electron chi connectivity index (χ4n) is 2.53. The predicted octanol–water partition coefficient (Wildman–Crippen LogP) is 4.32. The minimum atomic E-state index is -0.254. The van der Waals surface area contributed by atoms with Gasteiger partial charge in [0.25, 0.3) is 5.91 Å². The molecule has 0 bridgehead atoms. The summed E-state index contributed by atoms with van der Waals surface area (Å²) in [5, 5.41) is 6.13. The summed E-state index contributed by atoms with van der Waals surface area (Å²) in [5.74, 6) is -0.470. The highest BCUT2D eigenvalue weighted by Gasteiger charge is 2.12. The van der Waals surface area contributed by atoms with Crippen molar-refractivity contribution in [3.8, 4) is 0 Å². The molecule has 5 heteroatoms. The standard InChI is InChI=1S/C21H20FN3O/c1-15(17-5-3-2-4-6-17)25-21(26)20-12-11-19(14-24-20)23-13-16-7-9-18(22)10-8-16/h2-12,14-15,23H,13H2,1H3,(H,25,26). The Morgan fingerprint density at radius 2 is 1.77 bits per heavy atom. The Kier molecular flexibility index (Phi) is 5.59. The number of carbonyl (C=O) groups excluding carboxylic acids is 1. The Morgan fingerprint density at radius 1 is 1.04 bits per heavy atom. The average Bonchev–Trinajstić information content (AvgIpc) is 2.68. The molecule has 1 heterocycles. The molecule has 3 rings (SSSR count). The molecule has 1 atom stereocenters. The molecule has 26 heavy (non-hydrogen) atoms. The number of benzene rings is 2. The lowest BCUT2D eigenvalue weighted by Crippen LogP contribution is -2.27. The summed E-state index contributed by atoms with van der Waals surface area (Å²) in [6.07, 6.45) is 1.62. The van der Waals surface area contributed by atoms with E-state index in [1.807, 2.05) is 37.3 Å². The number of carbonyl (C=O) groups is 1. The fourth-order valence-corrected chi connectivity index (χ4v) is 2.53. The van der Waals surface area contributed by atoms with Gasteiger partial charge in [0, 0.05) is 6.54 Å². The lowest BCUT2D eigenvalue weighted by Gasteiger charge is -2.14.